The zero-order valence-corrected chi connectivity index (χ0v) is 15.0. The number of carbonyl (C=O) groups excluding carboxylic acids is 1. The van der Waals surface area contributed by atoms with Crippen LogP contribution in [0.25, 0.3) is 0 Å². The zero-order chi connectivity index (χ0) is 17.4. The van der Waals surface area contributed by atoms with Crippen LogP contribution in [-0.4, -0.2) is 62.8 Å². The van der Waals surface area contributed by atoms with Crippen molar-refractivity contribution in [2.24, 2.45) is 0 Å². The largest absolute Gasteiger partial charge is 0.441 e. The Labute approximate surface area is 143 Å². The van der Waals surface area contributed by atoms with Gasteiger partial charge in [-0.15, -0.1) is 0 Å². The molecule has 1 aromatic rings. The van der Waals surface area contributed by atoms with Gasteiger partial charge in [0.2, 0.25) is 0 Å². The van der Waals surface area contributed by atoms with Crippen LogP contribution in [0.5, 0.6) is 0 Å². The Bertz CT molecular complexity index is 717. The second kappa shape index (κ2) is 6.37. The van der Waals surface area contributed by atoms with Gasteiger partial charge in [-0.05, 0) is 37.1 Å². The molecule has 0 aliphatic carbocycles. The minimum absolute atomic E-state index is 0.222. The van der Waals surface area contributed by atoms with E-state index in [0.29, 0.717) is 11.4 Å². The molecule has 2 aliphatic heterocycles. The van der Waals surface area contributed by atoms with Crippen molar-refractivity contribution < 1.29 is 17.9 Å². The fourth-order valence-corrected chi connectivity index (χ4v) is 4.16. The summed E-state index contributed by atoms with van der Waals surface area (Å²) in [4.78, 5) is 16.0. The number of likely N-dealkylation sites (N-methyl/N-ethyl adjacent to an activating group) is 1. The Hall–Kier alpha value is -1.60. The Morgan fingerprint density at radius 3 is 2.46 bits per heavy atom. The molecule has 0 radical (unpaired) electrons. The third-order valence-corrected chi connectivity index (χ3v) is 6.02. The number of sulfone groups is 1. The standard InChI is InChI=1S/C17H24N2O4S/c1-18-13-17(23-16(18)20)8-3-10-19(11-9-17)12-14-4-6-15(7-5-14)24(2,21)22/h4-7H,3,8-13H2,1-2H3. The quantitative estimate of drug-likeness (QED) is 0.831. The van der Waals surface area contributed by atoms with Gasteiger partial charge in [-0.3, -0.25) is 4.90 Å². The summed E-state index contributed by atoms with van der Waals surface area (Å²) in [6.45, 7) is 3.28. The lowest BCUT2D eigenvalue weighted by molar-refractivity contribution is 0.0443. The molecule has 2 fully saturated rings. The van der Waals surface area contributed by atoms with Crippen molar-refractivity contribution in [2.45, 2.75) is 36.3 Å². The number of amides is 1. The molecule has 1 aromatic carbocycles. The van der Waals surface area contributed by atoms with Crippen molar-refractivity contribution in [2.75, 3.05) is 32.9 Å². The molecule has 24 heavy (non-hydrogen) atoms. The van der Waals surface area contributed by atoms with Gasteiger partial charge in [0.15, 0.2) is 9.84 Å². The number of ether oxygens (including phenoxy) is 1. The van der Waals surface area contributed by atoms with Crippen LogP contribution in [0.3, 0.4) is 0 Å². The third kappa shape index (κ3) is 3.72. The van der Waals surface area contributed by atoms with E-state index in [-0.39, 0.29) is 11.7 Å². The summed E-state index contributed by atoms with van der Waals surface area (Å²) in [5.41, 5.74) is 0.764. The van der Waals surface area contributed by atoms with Gasteiger partial charge in [0, 0.05) is 32.8 Å². The highest BCUT2D eigenvalue weighted by Crippen LogP contribution is 2.32. The van der Waals surface area contributed by atoms with E-state index >= 15 is 0 Å². The van der Waals surface area contributed by atoms with Crippen LogP contribution in [0.1, 0.15) is 24.8 Å². The first-order chi connectivity index (χ1) is 11.3. The van der Waals surface area contributed by atoms with Crippen LogP contribution in [-0.2, 0) is 21.1 Å². The molecule has 1 unspecified atom stereocenters. The summed E-state index contributed by atoms with van der Waals surface area (Å²) in [5.74, 6) is 0. The highest BCUT2D eigenvalue weighted by molar-refractivity contribution is 7.90. The van der Waals surface area contributed by atoms with Gasteiger partial charge in [-0.1, -0.05) is 12.1 Å². The molecular weight excluding hydrogens is 328 g/mol. The molecule has 0 aromatic heterocycles. The van der Waals surface area contributed by atoms with Gasteiger partial charge in [-0.2, -0.15) is 0 Å². The minimum atomic E-state index is -3.15. The Morgan fingerprint density at radius 1 is 1.17 bits per heavy atom. The summed E-state index contributed by atoms with van der Waals surface area (Å²) in [6.07, 6.45) is 3.72. The number of hydrogen-bond donors (Lipinski definition) is 0. The predicted molar refractivity (Wildman–Crippen MR) is 90.5 cm³/mol. The van der Waals surface area contributed by atoms with Crippen LogP contribution < -0.4 is 0 Å². The van der Waals surface area contributed by atoms with E-state index in [9.17, 15) is 13.2 Å². The fourth-order valence-electron chi connectivity index (χ4n) is 3.53. The average Bonchev–Trinajstić information content (AvgIpc) is 2.67. The number of benzene rings is 1. The monoisotopic (exact) mass is 352 g/mol. The van der Waals surface area contributed by atoms with Crippen molar-refractivity contribution in [3.05, 3.63) is 29.8 Å². The first-order valence-electron chi connectivity index (χ1n) is 8.23. The zero-order valence-electron chi connectivity index (χ0n) is 14.2. The van der Waals surface area contributed by atoms with Crippen molar-refractivity contribution in [3.8, 4) is 0 Å². The smallest absolute Gasteiger partial charge is 0.410 e. The third-order valence-electron chi connectivity index (χ3n) is 4.89. The van der Waals surface area contributed by atoms with E-state index in [2.05, 4.69) is 4.90 Å². The van der Waals surface area contributed by atoms with E-state index in [1.165, 1.54) is 6.26 Å². The number of rotatable bonds is 3. The van der Waals surface area contributed by atoms with Crippen molar-refractivity contribution in [3.63, 3.8) is 0 Å². The van der Waals surface area contributed by atoms with Crippen LogP contribution >= 0.6 is 0 Å². The molecule has 6 nitrogen and oxygen atoms in total. The molecule has 2 saturated heterocycles. The molecular formula is C17H24N2O4S. The Morgan fingerprint density at radius 2 is 1.88 bits per heavy atom. The van der Waals surface area contributed by atoms with Crippen LogP contribution in [0.4, 0.5) is 4.79 Å². The SMILES string of the molecule is CN1CC2(CCCN(Cc3ccc(S(C)(=O)=O)cc3)CC2)OC1=O. The Kier molecular flexibility index (Phi) is 4.57. The van der Waals surface area contributed by atoms with Crippen molar-refractivity contribution in [1.82, 2.24) is 9.80 Å². The lowest BCUT2D eigenvalue weighted by atomic mass is 9.95. The van der Waals surface area contributed by atoms with Gasteiger partial charge >= 0.3 is 6.09 Å². The molecule has 3 rings (SSSR count). The maximum absolute atomic E-state index is 11.7. The molecule has 1 atom stereocenters. The van der Waals surface area contributed by atoms with Gasteiger partial charge in [0.05, 0.1) is 11.4 Å². The first kappa shape index (κ1) is 17.2. The van der Waals surface area contributed by atoms with Crippen molar-refractivity contribution in [1.29, 1.82) is 0 Å². The molecule has 0 bridgehead atoms. The summed E-state index contributed by atoms with van der Waals surface area (Å²) in [6, 6.07) is 7.08. The predicted octanol–water partition coefficient (Wildman–Crippen LogP) is 1.90. The lowest BCUT2D eigenvalue weighted by Gasteiger charge is -2.25. The maximum Gasteiger partial charge on any atom is 0.410 e. The molecule has 1 amide bonds. The normalized spacial score (nSPS) is 25.8. The molecule has 7 heteroatoms. The Balaban J connectivity index is 1.62. The van der Waals surface area contributed by atoms with E-state index in [1.807, 2.05) is 12.1 Å². The van der Waals surface area contributed by atoms with Gasteiger partial charge in [-0.25, -0.2) is 13.2 Å². The van der Waals surface area contributed by atoms with Gasteiger partial charge in [0.1, 0.15) is 5.60 Å². The summed E-state index contributed by atoms with van der Waals surface area (Å²) in [5, 5.41) is 0. The van der Waals surface area contributed by atoms with Gasteiger partial charge < -0.3 is 9.64 Å². The first-order valence-corrected chi connectivity index (χ1v) is 10.1. The highest BCUT2D eigenvalue weighted by atomic mass is 32.2. The molecule has 1 spiro atoms. The van der Waals surface area contributed by atoms with Crippen LogP contribution in [0.15, 0.2) is 29.2 Å². The molecule has 2 aliphatic rings. The number of likely N-dealkylation sites (tertiary alicyclic amines) is 1. The number of carbonyl (C=O) groups is 1. The fraction of sp³-hybridized carbons (Fsp3) is 0.588. The van der Waals surface area contributed by atoms with Crippen LogP contribution in [0.2, 0.25) is 0 Å². The second-order valence-electron chi connectivity index (χ2n) is 6.95. The van der Waals surface area contributed by atoms with E-state index < -0.39 is 9.84 Å². The van der Waals surface area contributed by atoms with Crippen LogP contribution in [0, 0.1) is 0 Å². The number of hydrogen-bond acceptors (Lipinski definition) is 5. The van der Waals surface area contributed by atoms with E-state index in [4.69, 9.17) is 4.74 Å². The summed E-state index contributed by atoms with van der Waals surface area (Å²) < 4.78 is 28.7. The lowest BCUT2D eigenvalue weighted by Crippen LogP contribution is -2.35. The van der Waals surface area contributed by atoms with E-state index in [0.717, 1.165) is 44.5 Å². The summed E-state index contributed by atoms with van der Waals surface area (Å²) in [7, 11) is -1.37. The average molecular weight is 352 g/mol. The second-order valence-corrected chi connectivity index (χ2v) is 8.97. The van der Waals surface area contributed by atoms with E-state index in [1.54, 1.807) is 24.1 Å². The number of nitrogens with zero attached hydrogens (tertiary/aromatic N) is 2. The summed E-state index contributed by atoms with van der Waals surface area (Å²) >= 11 is 0. The minimum Gasteiger partial charge on any atom is -0.441 e. The topological polar surface area (TPSA) is 66.9 Å². The molecule has 0 N–H and O–H groups in total. The van der Waals surface area contributed by atoms with Crippen molar-refractivity contribution >= 4 is 15.9 Å². The molecule has 0 saturated carbocycles. The van der Waals surface area contributed by atoms with Gasteiger partial charge in [0.25, 0.3) is 0 Å². The molecule has 2 heterocycles. The maximum atomic E-state index is 11.7. The molecule has 132 valence electrons. The highest BCUT2D eigenvalue weighted by Gasteiger charge is 2.44.